The largest absolute Gasteiger partial charge is 0.280 e. The number of nitrogens with one attached hydrogen (secondary N) is 1. The third kappa shape index (κ3) is 5.69. The Balaban J connectivity index is 1.36. The van der Waals surface area contributed by atoms with Gasteiger partial charge in [0.15, 0.2) is 0 Å². The molecular weight excluding hydrogens is 554 g/mol. The molecule has 2 atom stereocenters. The van der Waals surface area contributed by atoms with Crippen molar-refractivity contribution >= 4 is 45.0 Å². The second-order valence-electron chi connectivity index (χ2n) is 10.2. The number of nitrogens with zero attached hydrogens (tertiary/aromatic N) is 2. The molecule has 6 rings (SSSR count). The van der Waals surface area contributed by atoms with Crippen LogP contribution in [0, 0.1) is 5.92 Å². The van der Waals surface area contributed by atoms with Crippen LogP contribution in [0.15, 0.2) is 125 Å². The molecule has 1 N–H and O–H groups in total. The highest BCUT2D eigenvalue weighted by molar-refractivity contribution is 7.92. The van der Waals surface area contributed by atoms with Crippen LogP contribution in [-0.2, 0) is 10.0 Å². The molecule has 0 bridgehead atoms. The number of amides is 1. The number of carbonyl (C=O) groups is 1. The standard InChI is InChI=1S/C33H28ClN3O3S/c34-27-17-19-28(20-18-27)36-41(39,40)29-15-7-14-26(22-29)33(38)37-32(24-11-5-2-6-12-24)30-16-8-13-25(31(30)35-37)21-23-9-3-1-4-10-23/h1-7,9-12,14-15,17-22,30,32,36H,8,13,16H2. The van der Waals surface area contributed by atoms with Gasteiger partial charge in [-0.05, 0) is 84.5 Å². The molecule has 2 aliphatic rings. The van der Waals surface area contributed by atoms with Crippen LogP contribution >= 0.6 is 11.6 Å². The molecule has 1 heterocycles. The monoisotopic (exact) mass is 581 g/mol. The van der Waals surface area contributed by atoms with Gasteiger partial charge in [0.05, 0.1) is 16.6 Å². The molecule has 1 fully saturated rings. The van der Waals surface area contributed by atoms with Crippen LogP contribution in [0.5, 0.6) is 0 Å². The Labute approximate surface area is 245 Å². The van der Waals surface area contributed by atoms with Crippen LogP contribution in [0.1, 0.15) is 46.8 Å². The van der Waals surface area contributed by atoms with Gasteiger partial charge in [-0.1, -0.05) is 78.3 Å². The van der Waals surface area contributed by atoms with Crippen molar-refractivity contribution in [1.29, 1.82) is 0 Å². The summed E-state index contributed by atoms with van der Waals surface area (Å²) in [5.74, 6) is -0.299. The number of carbonyl (C=O) groups excluding carboxylic acids is 1. The maximum atomic E-state index is 14.1. The second kappa shape index (κ2) is 11.4. The van der Waals surface area contributed by atoms with Gasteiger partial charge in [-0.2, -0.15) is 5.10 Å². The molecular formula is C33H28ClN3O3S. The first-order valence-electron chi connectivity index (χ1n) is 13.5. The van der Waals surface area contributed by atoms with Crippen LogP contribution in [-0.4, -0.2) is 25.0 Å². The van der Waals surface area contributed by atoms with E-state index in [9.17, 15) is 13.2 Å². The molecule has 206 valence electrons. The van der Waals surface area contributed by atoms with Gasteiger partial charge in [-0.3, -0.25) is 9.52 Å². The predicted octanol–water partition coefficient (Wildman–Crippen LogP) is 7.58. The molecule has 4 aromatic carbocycles. The van der Waals surface area contributed by atoms with Crippen molar-refractivity contribution in [2.24, 2.45) is 11.0 Å². The Morgan fingerprint density at radius 1 is 0.902 bits per heavy atom. The minimum Gasteiger partial charge on any atom is -0.280 e. The molecule has 1 aliphatic carbocycles. The number of hydrogen-bond donors (Lipinski definition) is 1. The Morgan fingerprint density at radius 2 is 1.61 bits per heavy atom. The van der Waals surface area contributed by atoms with E-state index in [1.165, 1.54) is 12.1 Å². The molecule has 1 saturated carbocycles. The third-order valence-electron chi connectivity index (χ3n) is 7.48. The first-order chi connectivity index (χ1) is 19.9. The maximum Gasteiger partial charge on any atom is 0.274 e. The molecule has 0 aromatic heterocycles. The highest BCUT2D eigenvalue weighted by Gasteiger charge is 2.44. The van der Waals surface area contributed by atoms with Crippen LogP contribution in [0.2, 0.25) is 5.02 Å². The van der Waals surface area contributed by atoms with Gasteiger partial charge in [-0.25, -0.2) is 13.4 Å². The summed E-state index contributed by atoms with van der Waals surface area (Å²) in [6.45, 7) is 0. The number of rotatable bonds is 6. The number of anilines is 1. The quantitative estimate of drug-likeness (QED) is 0.255. The number of halogens is 1. The van der Waals surface area contributed by atoms with E-state index in [1.807, 2.05) is 48.5 Å². The van der Waals surface area contributed by atoms with Crippen molar-refractivity contribution in [1.82, 2.24) is 5.01 Å². The van der Waals surface area contributed by atoms with E-state index in [4.69, 9.17) is 16.7 Å². The lowest BCUT2D eigenvalue weighted by Gasteiger charge is -2.29. The van der Waals surface area contributed by atoms with Crippen LogP contribution in [0.25, 0.3) is 6.08 Å². The molecule has 2 unspecified atom stereocenters. The van der Waals surface area contributed by atoms with E-state index in [0.717, 1.165) is 41.7 Å². The average Bonchev–Trinajstić information content (AvgIpc) is 3.40. The number of hydrogen-bond acceptors (Lipinski definition) is 4. The molecule has 0 spiro atoms. The molecule has 0 radical (unpaired) electrons. The van der Waals surface area contributed by atoms with E-state index in [-0.39, 0.29) is 28.3 Å². The lowest BCUT2D eigenvalue weighted by atomic mass is 9.77. The van der Waals surface area contributed by atoms with Crippen LogP contribution in [0.4, 0.5) is 5.69 Å². The Bertz CT molecular complexity index is 1740. The molecule has 4 aromatic rings. The molecule has 0 saturated heterocycles. The van der Waals surface area contributed by atoms with E-state index in [2.05, 4.69) is 22.9 Å². The SMILES string of the molecule is O=C(c1cccc(S(=O)(=O)Nc2ccc(Cl)cc2)c1)N1N=C2C(=Cc3ccccc3)CCCC2C1c1ccccc1. The first kappa shape index (κ1) is 27.0. The summed E-state index contributed by atoms with van der Waals surface area (Å²) in [7, 11) is -3.94. The Hall–Kier alpha value is -4.20. The second-order valence-corrected chi connectivity index (χ2v) is 12.3. The molecule has 41 heavy (non-hydrogen) atoms. The van der Waals surface area contributed by atoms with Gasteiger partial charge < -0.3 is 0 Å². The van der Waals surface area contributed by atoms with Gasteiger partial charge in [0.25, 0.3) is 15.9 Å². The maximum absolute atomic E-state index is 14.1. The lowest BCUT2D eigenvalue weighted by molar-refractivity contribution is 0.0680. The van der Waals surface area contributed by atoms with E-state index >= 15 is 0 Å². The number of fused-ring (bicyclic) bond motifs is 1. The van der Waals surface area contributed by atoms with Crippen LogP contribution in [0.3, 0.4) is 0 Å². The van der Waals surface area contributed by atoms with Gasteiger partial charge >= 0.3 is 0 Å². The fraction of sp³-hybridized carbons (Fsp3) is 0.152. The van der Waals surface area contributed by atoms with Gasteiger partial charge in [0, 0.05) is 22.2 Å². The molecule has 1 aliphatic heterocycles. The van der Waals surface area contributed by atoms with Crippen molar-refractivity contribution in [2.45, 2.75) is 30.2 Å². The molecule has 6 nitrogen and oxygen atoms in total. The average molecular weight is 582 g/mol. The summed E-state index contributed by atoms with van der Waals surface area (Å²) >= 11 is 5.94. The van der Waals surface area contributed by atoms with E-state index < -0.39 is 10.0 Å². The minimum absolute atomic E-state index is 0.0107. The number of hydrazone groups is 1. The zero-order valence-corrected chi connectivity index (χ0v) is 23.7. The van der Waals surface area contributed by atoms with Gasteiger partial charge in [-0.15, -0.1) is 0 Å². The third-order valence-corrected chi connectivity index (χ3v) is 9.11. The minimum atomic E-state index is -3.94. The zero-order chi connectivity index (χ0) is 28.4. The Morgan fingerprint density at radius 3 is 2.34 bits per heavy atom. The lowest BCUT2D eigenvalue weighted by Crippen LogP contribution is -2.32. The summed E-state index contributed by atoms with van der Waals surface area (Å²) in [5.41, 5.74) is 4.78. The fourth-order valence-electron chi connectivity index (χ4n) is 5.56. The highest BCUT2D eigenvalue weighted by atomic mass is 35.5. The molecule has 8 heteroatoms. The molecule has 1 amide bonds. The topological polar surface area (TPSA) is 78.8 Å². The summed E-state index contributed by atoms with van der Waals surface area (Å²) < 4.78 is 28.9. The summed E-state index contributed by atoms with van der Waals surface area (Å²) in [6.07, 6.45) is 4.96. The van der Waals surface area contributed by atoms with Crippen LogP contribution < -0.4 is 4.72 Å². The van der Waals surface area contributed by atoms with Crippen molar-refractivity contribution < 1.29 is 13.2 Å². The predicted molar refractivity (Wildman–Crippen MR) is 163 cm³/mol. The highest BCUT2D eigenvalue weighted by Crippen LogP contribution is 2.45. The Kier molecular flexibility index (Phi) is 7.47. The summed E-state index contributed by atoms with van der Waals surface area (Å²) in [5, 5.41) is 7.00. The zero-order valence-electron chi connectivity index (χ0n) is 22.2. The van der Waals surface area contributed by atoms with Crippen molar-refractivity contribution in [3.8, 4) is 0 Å². The summed E-state index contributed by atoms with van der Waals surface area (Å²) in [6, 6.07) is 32.3. The van der Waals surface area contributed by atoms with Crippen molar-refractivity contribution in [2.75, 3.05) is 4.72 Å². The fourth-order valence-corrected chi connectivity index (χ4v) is 6.79. The first-order valence-corrected chi connectivity index (χ1v) is 15.4. The van der Waals surface area contributed by atoms with Crippen molar-refractivity contribution in [3.05, 3.63) is 136 Å². The van der Waals surface area contributed by atoms with Gasteiger partial charge in [0.1, 0.15) is 0 Å². The van der Waals surface area contributed by atoms with E-state index in [0.29, 0.717) is 10.7 Å². The van der Waals surface area contributed by atoms with Gasteiger partial charge in [0.2, 0.25) is 0 Å². The normalized spacial score (nSPS) is 19.5. The number of allylic oxidation sites excluding steroid dienone is 1. The number of sulfonamides is 1. The smallest absolute Gasteiger partial charge is 0.274 e. The van der Waals surface area contributed by atoms with Crippen molar-refractivity contribution in [3.63, 3.8) is 0 Å². The number of benzene rings is 4. The van der Waals surface area contributed by atoms with E-state index in [1.54, 1.807) is 41.4 Å². The summed E-state index contributed by atoms with van der Waals surface area (Å²) in [4.78, 5) is 14.1.